The predicted octanol–water partition coefficient (Wildman–Crippen LogP) is 0.924. The van der Waals surface area contributed by atoms with E-state index in [-0.39, 0.29) is 11.9 Å². The molecule has 3 unspecified atom stereocenters. The lowest BCUT2D eigenvalue weighted by Crippen LogP contribution is -2.49. The molecule has 94 valence electrons. The Bertz CT molecular complexity index is 221. The summed E-state index contributed by atoms with van der Waals surface area (Å²) < 4.78 is 0. The van der Waals surface area contributed by atoms with Crippen molar-refractivity contribution >= 4 is 5.91 Å². The molecular weight excluding hydrogens is 204 g/mol. The maximum atomic E-state index is 11.7. The molecule has 4 nitrogen and oxygen atoms in total. The Morgan fingerprint density at radius 1 is 1.44 bits per heavy atom. The first-order valence-corrected chi connectivity index (χ1v) is 6.39. The van der Waals surface area contributed by atoms with Crippen molar-refractivity contribution in [3.63, 3.8) is 0 Å². The van der Waals surface area contributed by atoms with E-state index >= 15 is 0 Å². The van der Waals surface area contributed by atoms with Crippen LogP contribution in [0.3, 0.4) is 0 Å². The largest absolute Gasteiger partial charge is 0.391 e. The van der Waals surface area contributed by atoms with Crippen LogP contribution in [0.5, 0.6) is 0 Å². The lowest BCUT2D eigenvalue weighted by atomic mass is 10.0. The highest BCUT2D eigenvalue weighted by Gasteiger charge is 2.24. The summed E-state index contributed by atoms with van der Waals surface area (Å²) in [6.45, 7) is 2.01. The van der Waals surface area contributed by atoms with Gasteiger partial charge in [0.15, 0.2) is 0 Å². The summed E-state index contributed by atoms with van der Waals surface area (Å²) in [7, 11) is 0. The fourth-order valence-corrected chi connectivity index (χ4v) is 2.19. The molecule has 0 spiro atoms. The molecule has 1 amide bonds. The van der Waals surface area contributed by atoms with E-state index in [0.717, 1.165) is 38.5 Å². The standard InChI is InChI=1S/C12H24N2O2/c1-2-6-9(13)12(16)14-10-7-4-3-5-8-11(10)15/h9-11,15H,2-8,13H2,1H3,(H,14,16). The Hall–Kier alpha value is -0.610. The van der Waals surface area contributed by atoms with Crippen molar-refractivity contribution in [1.82, 2.24) is 5.32 Å². The first-order chi connectivity index (χ1) is 7.65. The molecule has 0 radical (unpaired) electrons. The highest BCUT2D eigenvalue weighted by Crippen LogP contribution is 2.18. The first-order valence-electron chi connectivity index (χ1n) is 6.39. The minimum absolute atomic E-state index is 0.0992. The van der Waals surface area contributed by atoms with E-state index in [1.54, 1.807) is 0 Å². The van der Waals surface area contributed by atoms with Crippen LogP contribution in [0.2, 0.25) is 0 Å². The molecular formula is C12H24N2O2. The Morgan fingerprint density at radius 3 is 2.81 bits per heavy atom. The van der Waals surface area contributed by atoms with Crippen molar-refractivity contribution in [3.05, 3.63) is 0 Å². The molecule has 0 aromatic rings. The van der Waals surface area contributed by atoms with Crippen molar-refractivity contribution in [3.8, 4) is 0 Å². The van der Waals surface area contributed by atoms with Crippen LogP contribution in [-0.2, 0) is 4.79 Å². The molecule has 1 rings (SSSR count). The molecule has 1 aliphatic carbocycles. The second kappa shape index (κ2) is 6.86. The fraction of sp³-hybridized carbons (Fsp3) is 0.917. The van der Waals surface area contributed by atoms with E-state index in [0.29, 0.717) is 6.42 Å². The minimum Gasteiger partial charge on any atom is -0.391 e. The number of carbonyl (C=O) groups is 1. The molecule has 0 aromatic carbocycles. The number of carbonyl (C=O) groups excluding carboxylic acids is 1. The quantitative estimate of drug-likeness (QED) is 0.626. The van der Waals surface area contributed by atoms with Gasteiger partial charge in [-0.05, 0) is 19.3 Å². The Balaban J connectivity index is 2.41. The van der Waals surface area contributed by atoms with Crippen LogP contribution in [0.4, 0.5) is 0 Å². The zero-order chi connectivity index (χ0) is 12.0. The fourth-order valence-electron chi connectivity index (χ4n) is 2.19. The van der Waals surface area contributed by atoms with Crippen LogP contribution >= 0.6 is 0 Å². The Morgan fingerprint density at radius 2 is 2.12 bits per heavy atom. The third-order valence-electron chi connectivity index (χ3n) is 3.24. The van der Waals surface area contributed by atoms with Gasteiger partial charge in [0, 0.05) is 0 Å². The number of hydrogen-bond acceptors (Lipinski definition) is 3. The number of nitrogens with one attached hydrogen (secondary N) is 1. The van der Waals surface area contributed by atoms with Crippen molar-refractivity contribution < 1.29 is 9.90 Å². The number of amides is 1. The van der Waals surface area contributed by atoms with Crippen LogP contribution in [0.25, 0.3) is 0 Å². The summed E-state index contributed by atoms with van der Waals surface area (Å²) in [6.07, 6.45) is 6.13. The van der Waals surface area contributed by atoms with Gasteiger partial charge in [-0.3, -0.25) is 4.79 Å². The lowest BCUT2D eigenvalue weighted by molar-refractivity contribution is -0.124. The van der Waals surface area contributed by atoms with E-state index in [2.05, 4.69) is 5.32 Å². The van der Waals surface area contributed by atoms with E-state index in [1.807, 2.05) is 6.92 Å². The summed E-state index contributed by atoms with van der Waals surface area (Å²) in [5.74, 6) is -0.118. The second-order valence-corrected chi connectivity index (χ2v) is 4.72. The van der Waals surface area contributed by atoms with Gasteiger partial charge in [-0.2, -0.15) is 0 Å². The Kier molecular flexibility index (Phi) is 5.77. The predicted molar refractivity (Wildman–Crippen MR) is 63.9 cm³/mol. The normalized spacial score (nSPS) is 28.2. The molecule has 1 saturated carbocycles. The average molecular weight is 228 g/mol. The summed E-state index contributed by atoms with van der Waals surface area (Å²) in [6, 6.07) is -0.529. The van der Waals surface area contributed by atoms with Gasteiger partial charge in [-0.15, -0.1) is 0 Å². The monoisotopic (exact) mass is 228 g/mol. The Labute approximate surface area is 97.6 Å². The van der Waals surface area contributed by atoms with E-state index in [1.165, 1.54) is 0 Å². The van der Waals surface area contributed by atoms with Crippen LogP contribution in [-0.4, -0.2) is 29.2 Å². The van der Waals surface area contributed by atoms with Crippen LogP contribution in [0.1, 0.15) is 51.9 Å². The summed E-state index contributed by atoms with van der Waals surface area (Å²) in [5.41, 5.74) is 5.74. The molecule has 0 bridgehead atoms. The van der Waals surface area contributed by atoms with Gasteiger partial charge < -0.3 is 16.2 Å². The van der Waals surface area contributed by atoms with Crippen LogP contribution < -0.4 is 11.1 Å². The molecule has 4 heteroatoms. The van der Waals surface area contributed by atoms with Gasteiger partial charge in [0.1, 0.15) is 0 Å². The zero-order valence-corrected chi connectivity index (χ0v) is 10.1. The maximum absolute atomic E-state index is 11.7. The van der Waals surface area contributed by atoms with Crippen LogP contribution in [0.15, 0.2) is 0 Å². The van der Waals surface area contributed by atoms with Gasteiger partial charge in [0.2, 0.25) is 5.91 Å². The van der Waals surface area contributed by atoms with Gasteiger partial charge in [-0.1, -0.05) is 32.6 Å². The van der Waals surface area contributed by atoms with E-state index < -0.39 is 12.1 Å². The van der Waals surface area contributed by atoms with Crippen molar-refractivity contribution in [2.24, 2.45) is 5.73 Å². The zero-order valence-electron chi connectivity index (χ0n) is 10.1. The molecule has 0 saturated heterocycles. The highest BCUT2D eigenvalue weighted by molar-refractivity contribution is 5.81. The molecule has 1 aliphatic rings. The number of nitrogens with two attached hydrogens (primary N) is 1. The van der Waals surface area contributed by atoms with Gasteiger partial charge in [0.25, 0.3) is 0 Å². The third-order valence-corrected chi connectivity index (χ3v) is 3.24. The average Bonchev–Trinajstić information content (AvgIpc) is 2.45. The topological polar surface area (TPSA) is 75.4 Å². The van der Waals surface area contributed by atoms with Crippen molar-refractivity contribution in [2.75, 3.05) is 0 Å². The van der Waals surface area contributed by atoms with Gasteiger partial charge in [-0.25, -0.2) is 0 Å². The van der Waals surface area contributed by atoms with Crippen molar-refractivity contribution in [2.45, 2.75) is 70.1 Å². The smallest absolute Gasteiger partial charge is 0.237 e. The van der Waals surface area contributed by atoms with Crippen LogP contribution in [0, 0.1) is 0 Å². The maximum Gasteiger partial charge on any atom is 0.237 e. The van der Waals surface area contributed by atoms with Gasteiger partial charge in [0.05, 0.1) is 18.2 Å². The number of rotatable bonds is 4. The molecule has 3 atom stereocenters. The first kappa shape index (κ1) is 13.5. The summed E-state index contributed by atoms with van der Waals surface area (Å²) in [4.78, 5) is 11.7. The van der Waals surface area contributed by atoms with Crippen molar-refractivity contribution in [1.29, 1.82) is 0 Å². The number of hydrogen-bond donors (Lipinski definition) is 3. The third kappa shape index (κ3) is 4.10. The molecule has 1 fully saturated rings. The number of aliphatic hydroxyl groups is 1. The molecule has 4 N–H and O–H groups in total. The molecule has 16 heavy (non-hydrogen) atoms. The van der Waals surface area contributed by atoms with E-state index in [9.17, 15) is 9.90 Å². The van der Waals surface area contributed by atoms with E-state index in [4.69, 9.17) is 5.73 Å². The summed E-state index contributed by atoms with van der Waals surface area (Å²) >= 11 is 0. The molecule has 0 heterocycles. The second-order valence-electron chi connectivity index (χ2n) is 4.72. The SMILES string of the molecule is CCCC(N)C(=O)NC1CCCCCC1O. The lowest BCUT2D eigenvalue weighted by Gasteiger charge is -2.23. The number of aliphatic hydroxyl groups excluding tert-OH is 1. The molecule has 0 aliphatic heterocycles. The minimum atomic E-state index is -0.430. The highest BCUT2D eigenvalue weighted by atomic mass is 16.3. The van der Waals surface area contributed by atoms with Gasteiger partial charge >= 0.3 is 0 Å². The summed E-state index contributed by atoms with van der Waals surface area (Å²) in [5, 5.41) is 12.7. The molecule has 0 aromatic heterocycles.